The number of likely N-dealkylation sites (N-methyl/N-ethyl adjacent to an activating group) is 1. The van der Waals surface area contributed by atoms with Crippen molar-refractivity contribution < 1.29 is 0 Å². The summed E-state index contributed by atoms with van der Waals surface area (Å²) in [6.07, 6.45) is 0. The first-order chi connectivity index (χ1) is 6.65. The molecular formula is C11H20N2S. The lowest BCUT2D eigenvalue weighted by atomic mass is 10.0. The molecule has 0 spiro atoms. The van der Waals surface area contributed by atoms with Crippen molar-refractivity contribution >= 4 is 11.3 Å². The van der Waals surface area contributed by atoms with Crippen molar-refractivity contribution in [2.24, 2.45) is 11.7 Å². The Kier molecular flexibility index (Phi) is 4.58. The lowest BCUT2D eigenvalue weighted by Crippen LogP contribution is -2.41. The molecule has 2 nitrogen and oxygen atoms in total. The molecule has 0 aliphatic rings. The predicted molar refractivity (Wildman–Crippen MR) is 63.5 cm³/mol. The summed E-state index contributed by atoms with van der Waals surface area (Å²) in [6.45, 7) is 6.20. The highest BCUT2D eigenvalue weighted by atomic mass is 32.1. The van der Waals surface area contributed by atoms with Crippen LogP contribution < -0.4 is 5.73 Å². The van der Waals surface area contributed by atoms with Gasteiger partial charge in [-0.3, -0.25) is 4.90 Å². The molecule has 0 aliphatic heterocycles. The summed E-state index contributed by atoms with van der Waals surface area (Å²) in [5.74, 6) is 0.616. The van der Waals surface area contributed by atoms with E-state index in [1.807, 2.05) is 11.3 Å². The van der Waals surface area contributed by atoms with Crippen LogP contribution in [0.3, 0.4) is 0 Å². The fourth-order valence-corrected chi connectivity index (χ4v) is 2.49. The average molecular weight is 212 g/mol. The van der Waals surface area contributed by atoms with Gasteiger partial charge in [-0.15, -0.1) is 11.3 Å². The molecule has 0 bridgehead atoms. The number of hydrogen-bond donors (Lipinski definition) is 1. The van der Waals surface area contributed by atoms with Crippen LogP contribution in [0.2, 0.25) is 0 Å². The van der Waals surface area contributed by atoms with Crippen molar-refractivity contribution in [1.29, 1.82) is 0 Å². The molecule has 80 valence electrons. The standard InChI is InChI=1S/C11H20N2S/c1-9(2)11(7-12)13(3)8-10-5-4-6-14-10/h4-6,9,11H,7-8,12H2,1-3H3. The predicted octanol–water partition coefficient (Wildman–Crippen LogP) is 2.16. The van der Waals surface area contributed by atoms with Crippen LogP contribution in [0.15, 0.2) is 17.5 Å². The molecule has 1 atom stereocenters. The second-order valence-corrected chi connectivity index (χ2v) is 5.07. The van der Waals surface area contributed by atoms with Crippen molar-refractivity contribution in [2.45, 2.75) is 26.4 Å². The first kappa shape index (κ1) is 11.7. The lowest BCUT2D eigenvalue weighted by Gasteiger charge is -2.29. The number of hydrogen-bond acceptors (Lipinski definition) is 3. The Morgan fingerprint density at radius 2 is 2.21 bits per heavy atom. The summed E-state index contributed by atoms with van der Waals surface area (Å²) < 4.78 is 0. The first-order valence-corrected chi connectivity index (χ1v) is 5.95. The molecule has 1 unspecified atom stereocenters. The largest absolute Gasteiger partial charge is 0.329 e. The second-order valence-electron chi connectivity index (χ2n) is 4.04. The molecule has 0 amide bonds. The van der Waals surface area contributed by atoms with Gasteiger partial charge in [-0.25, -0.2) is 0 Å². The molecule has 1 aromatic heterocycles. The van der Waals surface area contributed by atoms with Crippen molar-refractivity contribution in [3.05, 3.63) is 22.4 Å². The fourth-order valence-electron chi connectivity index (χ4n) is 1.73. The van der Waals surface area contributed by atoms with Gasteiger partial charge in [0.1, 0.15) is 0 Å². The third kappa shape index (κ3) is 3.08. The van der Waals surface area contributed by atoms with E-state index in [1.165, 1.54) is 4.88 Å². The highest BCUT2D eigenvalue weighted by Gasteiger charge is 2.16. The minimum Gasteiger partial charge on any atom is -0.329 e. The van der Waals surface area contributed by atoms with Crippen LogP contribution in [0.1, 0.15) is 18.7 Å². The number of rotatable bonds is 5. The molecule has 0 saturated heterocycles. The second kappa shape index (κ2) is 5.49. The summed E-state index contributed by atoms with van der Waals surface area (Å²) >= 11 is 1.81. The van der Waals surface area contributed by atoms with Gasteiger partial charge >= 0.3 is 0 Å². The molecule has 14 heavy (non-hydrogen) atoms. The molecule has 1 rings (SSSR count). The van der Waals surface area contributed by atoms with Crippen LogP contribution in [0, 0.1) is 5.92 Å². The van der Waals surface area contributed by atoms with Gasteiger partial charge in [0, 0.05) is 24.0 Å². The maximum absolute atomic E-state index is 5.77. The Balaban J connectivity index is 2.51. The highest BCUT2D eigenvalue weighted by molar-refractivity contribution is 7.09. The lowest BCUT2D eigenvalue weighted by molar-refractivity contribution is 0.191. The van der Waals surface area contributed by atoms with Gasteiger partial charge in [0.25, 0.3) is 0 Å². The summed E-state index contributed by atoms with van der Waals surface area (Å²) in [7, 11) is 2.15. The molecule has 0 aliphatic carbocycles. The van der Waals surface area contributed by atoms with Crippen LogP contribution in [0.4, 0.5) is 0 Å². The SMILES string of the molecule is CC(C)C(CN)N(C)Cc1cccs1. The summed E-state index contributed by atoms with van der Waals surface area (Å²) in [5.41, 5.74) is 5.77. The van der Waals surface area contributed by atoms with Gasteiger partial charge in [0.15, 0.2) is 0 Å². The van der Waals surface area contributed by atoms with E-state index < -0.39 is 0 Å². The van der Waals surface area contributed by atoms with Gasteiger partial charge in [-0.1, -0.05) is 19.9 Å². The summed E-state index contributed by atoms with van der Waals surface area (Å²) in [5, 5.41) is 2.12. The zero-order valence-corrected chi connectivity index (χ0v) is 10.1. The Morgan fingerprint density at radius 3 is 2.64 bits per heavy atom. The van der Waals surface area contributed by atoms with E-state index in [-0.39, 0.29) is 0 Å². The van der Waals surface area contributed by atoms with Crippen LogP contribution >= 0.6 is 11.3 Å². The Labute approximate surface area is 90.7 Å². The average Bonchev–Trinajstić information content (AvgIpc) is 2.57. The van der Waals surface area contributed by atoms with Crippen LogP contribution in [0.25, 0.3) is 0 Å². The maximum Gasteiger partial charge on any atom is 0.0328 e. The molecule has 3 heteroatoms. The zero-order valence-electron chi connectivity index (χ0n) is 9.23. The van der Waals surface area contributed by atoms with Crippen molar-refractivity contribution in [3.8, 4) is 0 Å². The molecule has 1 aromatic rings. The monoisotopic (exact) mass is 212 g/mol. The topological polar surface area (TPSA) is 29.3 Å². The van der Waals surface area contributed by atoms with Crippen LogP contribution in [-0.4, -0.2) is 24.5 Å². The van der Waals surface area contributed by atoms with Crippen molar-refractivity contribution in [3.63, 3.8) is 0 Å². The molecule has 0 saturated carbocycles. The Bertz CT molecular complexity index is 244. The van der Waals surface area contributed by atoms with Crippen molar-refractivity contribution in [2.75, 3.05) is 13.6 Å². The van der Waals surface area contributed by atoms with E-state index in [4.69, 9.17) is 5.73 Å². The van der Waals surface area contributed by atoms with E-state index >= 15 is 0 Å². The smallest absolute Gasteiger partial charge is 0.0328 e. The molecule has 1 heterocycles. The first-order valence-electron chi connectivity index (χ1n) is 5.07. The quantitative estimate of drug-likeness (QED) is 0.810. The van der Waals surface area contributed by atoms with Crippen LogP contribution in [0.5, 0.6) is 0 Å². The molecule has 0 aromatic carbocycles. The van der Waals surface area contributed by atoms with Gasteiger partial charge in [0.2, 0.25) is 0 Å². The van der Waals surface area contributed by atoms with E-state index in [0.29, 0.717) is 12.0 Å². The molecular weight excluding hydrogens is 192 g/mol. The van der Waals surface area contributed by atoms with E-state index in [2.05, 4.69) is 43.3 Å². The van der Waals surface area contributed by atoms with Gasteiger partial charge < -0.3 is 5.73 Å². The third-order valence-electron chi connectivity index (χ3n) is 2.56. The van der Waals surface area contributed by atoms with Gasteiger partial charge in [-0.05, 0) is 24.4 Å². The third-order valence-corrected chi connectivity index (χ3v) is 3.42. The summed E-state index contributed by atoms with van der Waals surface area (Å²) in [4.78, 5) is 3.75. The number of nitrogens with zero attached hydrogens (tertiary/aromatic N) is 1. The number of nitrogens with two attached hydrogens (primary N) is 1. The normalized spacial score (nSPS) is 13.9. The Hall–Kier alpha value is -0.380. The van der Waals surface area contributed by atoms with Gasteiger partial charge in [0.05, 0.1) is 0 Å². The maximum atomic E-state index is 5.77. The molecule has 0 fully saturated rings. The summed E-state index contributed by atoms with van der Waals surface area (Å²) in [6, 6.07) is 4.76. The molecule has 2 N–H and O–H groups in total. The fraction of sp³-hybridized carbons (Fsp3) is 0.636. The minimum atomic E-state index is 0.483. The number of thiophene rings is 1. The van der Waals surface area contributed by atoms with E-state index in [9.17, 15) is 0 Å². The minimum absolute atomic E-state index is 0.483. The molecule has 0 radical (unpaired) electrons. The van der Waals surface area contributed by atoms with Crippen molar-refractivity contribution in [1.82, 2.24) is 4.90 Å². The Morgan fingerprint density at radius 1 is 1.50 bits per heavy atom. The highest BCUT2D eigenvalue weighted by Crippen LogP contribution is 2.15. The van der Waals surface area contributed by atoms with E-state index in [0.717, 1.165) is 13.1 Å². The van der Waals surface area contributed by atoms with Crippen LogP contribution in [-0.2, 0) is 6.54 Å². The zero-order chi connectivity index (χ0) is 10.6. The van der Waals surface area contributed by atoms with E-state index in [1.54, 1.807) is 0 Å². The van der Waals surface area contributed by atoms with Gasteiger partial charge in [-0.2, -0.15) is 0 Å².